The summed E-state index contributed by atoms with van der Waals surface area (Å²) < 4.78 is 0. The molecule has 0 N–H and O–H groups in total. The van der Waals surface area contributed by atoms with Crippen LogP contribution in [0.5, 0.6) is 0 Å². The quantitative estimate of drug-likeness (QED) is 0.666. The molecule has 1 heterocycles. The lowest BCUT2D eigenvalue weighted by molar-refractivity contribution is 0.360. The lowest BCUT2D eigenvalue weighted by Gasteiger charge is -2.22. The van der Waals surface area contributed by atoms with E-state index in [-0.39, 0.29) is 0 Å². The second kappa shape index (κ2) is 5.00. The van der Waals surface area contributed by atoms with Gasteiger partial charge in [0.15, 0.2) is 5.69 Å². The zero-order valence-corrected chi connectivity index (χ0v) is 9.69. The van der Waals surface area contributed by atoms with E-state index >= 15 is 0 Å². The van der Waals surface area contributed by atoms with E-state index < -0.39 is 0 Å². The Hall–Kier alpha value is -1.53. The average molecular weight is 215 g/mol. The number of likely N-dealkylation sites (N-methyl/N-ethyl adjacent to an activating group) is 1. The Labute approximate surface area is 97.1 Å². The molecule has 16 heavy (non-hydrogen) atoms. The largest absolute Gasteiger partial charge is 0.370 e. The number of hydrogen-bond acceptors (Lipinski definition) is 2. The van der Waals surface area contributed by atoms with E-state index in [0.717, 1.165) is 25.3 Å². The minimum Gasteiger partial charge on any atom is -0.370 e. The molecule has 0 amide bonds. The molecule has 0 bridgehead atoms. The van der Waals surface area contributed by atoms with Crippen molar-refractivity contribution in [2.45, 2.75) is 6.42 Å². The van der Waals surface area contributed by atoms with Crippen LogP contribution in [0.1, 0.15) is 6.42 Å². The van der Waals surface area contributed by atoms with E-state index in [1.54, 1.807) is 0 Å². The Bertz CT molecular complexity index is 377. The second-order valence-electron chi connectivity index (χ2n) is 4.27. The first-order valence-electron chi connectivity index (χ1n) is 5.70. The van der Waals surface area contributed by atoms with Gasteiger partial charge in [0.1, 0.15) is 0 Å². The van der Waals surface area contributed by atoms with Crippen LogP contribution in [-0.2, 0) is 0 Å². The minimum atomic E-state index is 0.718. The van der Waals surface area contributed by atoms with Crippen molar-refractivity contribution >= 4 is 11.4 Å². The molecule has 1 saturated heterocycles. The molecule has 1 fully saturated rings. The molecule has 0 saturated carbocycles. The standard InChI is InChI=1S/C13H17N3/c1-14-12-4-6-13(7-5-12)16-9-3-8-15(2)10-11-16/h4-7H,3,8-11H2,2H3. The number of rotatable bonds is 1. The van der Waals surface area contributed by atoms with Gasteiger partial charge in [-0.25, -0.2) is 4.85 Å². The molecule has 3 nitrogen and oxygen atoms in total. The van der Waals surface area contributed by atoms with E-state index in [4.69, 9.17) is 6.57 Å². The van der Waals surface area contributed by atoms with Crippen molar-refractivity contribution in [1.29, 1.82) is 0 Å². The maximum atomic E-state index is 6.92. The highest BCUT2D eigenvalue weighted by molar-refractivity contribution is 5.55. The zero-order chi connectivity index (χ0) is 11.4. The lowest BCUT2D eigenvalue weighted by Crippen LogP contribution is -2.28. The second-order valence-corrected chi connectivity index (χ2v) is 4.27. The van der Waals surface area contributed by atoms with Crippen molar-refractivity contribution in [3.8, 4) is 0 Å². The van der Waals surface area contributed by atoms with Crippen molar-refractivity contribution in [2.24, 2.45) is 0 Å². The molecule has 1 aliphatic rings. The van der Waals surface area contributed by atoms with Gasteiger partial charge in [0.05, 0.1) is 6.57 Å². The fraction of sp³-hybridized carbons (Fsp3) is 0.462. The summed E-state index contributed by atoms with van der Waals surface area (Å²) in [5, 5.41) is 0. The highest BCUT2D eigenvalue weighted by atomic mass is 15.2. The molecular formula is C13H17N3. The molecule has 1 aromatic rings. The Morgan fingerprint density at radius 1 is 1.06 bits per heavy atom. The number of hydrogen-bond donors (Lipinski definition) is 0. The first kappa shape index (κ1) is 11.0. The lowest BCUT2D eigenvalue weighted by atomic mass is 10.2. The van der Waals surface area contributed by atoms with Crippen LogP contribution in [0.25, 0.3) is 4.85 Å². The topological polar surface area (TPSA) is 10.8 Å². The molecule has 0 aliphatic carbocycles. The van der Waals surface area contributed by atoms with Gasteiger partial charge in [-0.05, 0) is 32.1 Å². The summed E-state index contributed by atoms with van der Waals surface area (Å²) in [6, 6.07) is 7.91. The van der Waals surface area contributed by atoms with E-state index in [2.05, 4.69) is 33.8 Å². The third kappa shape index (κ3) is 2.53. The number of anilines is 1. The van der Waals surface area contributed by atoms with E-state index in [9.17, 15) is 0 Å². The molecule has 0 atom stereocenters. The van der Waals surface area contributed by atoms with E-state index in [1.165, 1.54) is 18.7 Å². The fourth-order valence-corrected chi connectivity index (χ4v) is 2.04. The van der Waals surface area contributed by atoms with Crippen molar-refractivity contribution in [3.63, 3.8) is 0 Å². The highest BCUT2D eigenvalue weighted by Gasteiger charge is 2.12. The molecule has 0 spiro atoms. The summed E-state index contributed by atoms with van der Waals surface area (Å²) in [5.41, 5.74) is 1.96. The van der Waals surface area contributed by atoms with E-state index in [0.29, 0.717) is 0 Å². The van der Waals surface area contributed by atoms with Crippen LogP contribution < -0.4 is 4.90 Å². The predicted octanol–water partition coefficient (Wildman–Crippen LogP) is 2.38. The predicted molar refractivity (Wildman–Crippen MR) is 67.0 cm³/mol. The van der Waals surface area contributed by atoms with Gasteiger partial charge in [-0.2, -0.15) is 0 Å². The average Bonchev–Trinajstić information content (AvgIpc) is 2.54. The minimum absolute atomic E-state index is 0.718. The van der Waals surface area contributed by atoms with Gasteiger partial charge in [-0.3, -0.25) is 0 Å². The van der Waals surface area contributed by atoms with Crippen LogP contribution in [0.2, 0.25) is 0 Å². The van der Waals surface area contributed by atoms with Crippen LogP contribution in [-0.4, -0.2) is 38.1 Å². The maximum absolute atomic E-state index is 6.92. The molecule has 0 unspecified atom stereocenters. The molecule has 0 aromatic heterocycles. The van der Waals surface area contributed by atoms with Crippen molar-refractivity contribution in [2.75, 3.05) is 38.1 Å². The Morgan fingerprint density at radius 3 is 2.50 bits per heavy atom. The highest BCUT2D eigenvalue weighted by Crippen LogP contribution is 2.20. The van der Waals surface area contributed by atoms with Gasteiger partial charge in [0.25, 0.3) is 0 Å². The molecular weight excluding hydrogens is 198 g/mol. The molecule has 1 aliphatic heterocycles. The fourth-order valence-electron chi connectivity index (χ4n) is 2.04. The number of benzene rings is 1. The van der Waals surface area contributed by atoms with Crippen LogP contribution in [0, 0.1) is 6.57 Å². The van der Waals surface area contributed by atoms with Crippen LogP contribution in [0.15, 0.2) is 24.3 Å². The SMILES string of the molecule is [C-]#[N+]c1ccc(N2CCCN(C)CC2)cc1. The maximum Gasteiger partial charge on any atom is 0.187 e. The van der Waals surface area contributed by atoms with Gasteiger partial charge in [0, 0.05) is 25.3 Å². The molecule has 3 heteroatoms. The molecule has 2 rings (SSSR count). The van der Waals surface area contributed by atoms with E-state index in [1.807, 2.05) is 12.1 Å². The summed E-state index contributed by atoms with van der Waals surface area (Å²) in [6.07, 6.45) is 1.21. The van der Waals surface area contributed by atoms with Crippen LogP contribution >= 0.6 is 0 Å². The summed E-state index contributed by atoms with van der Waals surface area (Å²) in [6.45, 7) is 11.4. The van der Waals surface area contributed by atoms with Gasteiger partial charge in [-0.1, -0.05) is 12.1 Å². The zero-order valence-electron chi connectivity index (χ0n) is 9.69. The first-order valence-corrected chi connectivity index (χ1v) is 5.70. The normalized spacial score (nSPS) is 17.9. The smallest absolute Gasteiger partial charge is 0.187 e. The Morgan fingerprint density at radius 2 is 1.81 bits per heavy atom. The van der Waals surface area contributed by atoms with Crippen molar-refractivity contribution in [1.82, 2.24) is 4.90 Å². The van der Waals surface area contributed by atoms with Crippen LogP contribution in [0.4, 0.5) is 11.4 Å². The van der Waals surface area contributed by atoms with Crippen molar-refractivity contribution < 1.29 is 0 Å². The molecule has 84 valence electrons. The van der Waals surface area contributed by atoms with Gasteiger partial charge in [-0.15, -0.1) is 0 Å². The molecule has 0 radical (unpaired) electrons. The van der Waals surface area contributed by atoms with Gasteiger partial charge in [0.2, 0.25) is 0 Å². The summed E-state index contributed by atoms with van der Waals surface area (Å²) in [4.78, 5) is 8.18. The summed E-state index contributed by atoms with van der Waals surface area (Å²) in [7, 11) is 2.17. The first-order chi connectivity index (χ1) is 7.79. The Kier molecular flexibility index (Phi) is 3.43. The third-order valence-electron chi connectivity index (χ3n) is 3.06. The van der Waals surface area contributed by atoms with Gasteiger partial charge >= 0.3 is 0 Å². The van der Waals surface area contributed by atoms with Gasteiger partial charge < -0.3 is 9.80 Å². The number of nitrogens with zero attached hydrogens (tertiary/aromatic N) is 3. The Balaban J connectivity index is 2.08. The molecule has 1 aromatic carbocycles. The summed E-state index contributed by atoms with van der Waals surface area (Å²) in [5.74, 6) is 0. The third-order valence-corrected chi connectivity index (χ3v) is 3.06. The monoisotopic (exact) mass is 215 g/mol. The summed E-state index contributed by atoms with van der Waals surface area (Å²) >= 11 is 0. The van der Waals surface area contributed by atoms with Crippen molar-refractivity contribution in [3.05, 3.63) is 35.7 Å². The van der Waals surface area contributed by atoms with Crippen LogP contribution in [0.3, 0.4) is 0 Å².